The lowest BCUT2D eigenvalue weighted by molar-refractivity contribution is 0.488. The van der Waals surface area contributed by atoms with Crippen LogP contribution in [0.1, 0.15) is 44.2 Å². The molecule has 0 fully saturated rings. The first-order valence-corrected chi connectivity index (χ1v) is 6.50. The Bertz CT molecular complexity index is 380. The number of halogens is 2. The van der Waals surface area contributed by atoms with E-state index in [1.54, 1.807) is 0 Å². The molecule has 0 nitrogen and oxygen atoms in total. The summed E-state index contributed by atoms with van der Waals surface area (Å²) >= 11 is 7.32. The van der Waals surface area contributed by atoms with Crippen molar-refractivity contribution in [2.75, 3.05) is 0 Å². The molecule has 0 heterocycles. The fourth-order valence-corrected chi connectivity index (χ4v) is 4.31. The minimum atomic E-state index is 0.303. The molecule has 0 spiro atoms. The van der Waals surface area contributed by atoms with Gasteiger partial charge in [0.2, 0.25) is 0 Å². The second-order valence-electron chi connectivity index (χ2n) is 4.81. The predicted octanol–water partition coefficient (Wildman–Crippen LogP) is 5.00. The Hall–Kier alpha value is 0.180. The Morgan fingerprint density at radius 1 is 1.21 bits per heavy atom. The number of fused-ring (bicyclic) bond motifs is 1. The number of rotatable bonds is 0. The Balaban J connectivity index is 2.73. The van der Waals surface area contributed by atoms with Crippen LogP contribution in [0.5, 0.6) is 0 Å². The van der Waals surface area contributed by atoms with Gasteiger partial charge in [-0.25, -0.2) is 0 Å². The fourth-order valence-electron chi connectivity index (χ4n) is 2.71. The molecule has 0 saturated carbocycles. The molecule has 0 N–H and O–H groups in total. The van der Waals surface area contributed by atoms with E-state index in [2.05, 4.69) is 64.8 Å². The van der Waals surface area contributed by atoms with E-state index in [4.69, 9.17) is 0 Å². The molecule has 0 aliphatic heterocycles. The Labute approximate surface area is 102 Å². The molecule has 1 aliphatic carbocycles. The zero-order chi connectivity index (χ0) is 10.5. The van der Waals surface area contributed by atoms with Crippen molar-refractivity contribution >= 4 is 31.9 Å². The molecular formula is C12H14Br2. The van der Waals surface area contributed by atoms with Crippen molar-refractivity contribution in [3.8, 4) is 0 Å². The highest BCUT2D eigenvalue weighted by Gasteiger charge is 2.37. The summed E-state index contributed by atoms with van der Waals surface area (Å²) in [6.07, 6.45) is 1.24. The normalized spacial score (nSPS) is 23.6. The summed E-state index contributed by atoms with van der Waals surface area (Å²) in [5, 5.41) is 0. The van der Waals surface area contributed by atoms with Gasteiger partial charge in [0.15, 0.2) is 0 Å². The summed E-state index contributed by atoms with van der Waals surface area (Å²) in [6, 6.07) is 4.28. The van der Waals surface area contributed by atoms with Crippen molar-refractivity contribution in [1.29, 1.82) is 0 Å². The van der Waals surface area contributed by atoms with Crippen molar-refractivity contribution in [2.24, 2.45) is 0 Å². The Kier molecular flexibility index (Phi) is 2.55. The van der Waals surface area contributed by atoms with Gasteiger partial charge in [-0.2, -0.15) is 0 Å². The van der Waals surface area contributed by atoms with Gasteiger partial charge in [-0.05, 0) is 41.0 Å². The first-order valence-electron chi connectivity index (χ1n) is 4.92. The van der Waals surface area contributed by atoms with Gasteiger partial charge in [0.25, 0.3) is 0 Å². The SMILES string of the molecule is C[C@@H]1CC(C)(C)c2c(Br)ccc(Br)c21. The van der Waals surface area contributed by atoms with Crippen LogP contribution < -0.4 is 0 Å². The van der Waals surface area contributed by atoms with Crippen molar-refractivity contribution in [3.63, 3.8) is 0 Å². The molecule has 0 amide bonds. The molecule has 1 aromatic rings. The summed E-state index contributed by atoms with van der Waals surface area (Å²) in [7, 11) is 0. The van der Waals surface area contributed by atoms with Crippen LogP contribution in [0, 0.1) is 0 Å². The molecule has 1 aliphatic rings. The number of benzene rings is 1. The third-order valence-electron chi connectivity index (χ3n) is 3.13. The van der Waals surface area contributed by atoms with Gasteiger partial charge < -0.3 is 0 Å². The van der Waals surface area contributed by atoms with Gasteiger partial charge in [0.1, 0.15) is 0 Å². The van der Waals surface area contributed by atoms with Gasteiger partial charge >= 0.3 is 0 Å². The third kappa shape index (κ3) is 1.47. The molecule has 1 atom stereocenters. The van der Waals surface area contributed by atoms with Crippen LogP contribution in [0.15, 0.2) is 21.1 Å². The van der Waals surface area contributed by atoms with Crippen LogP contribution in [0.25, 0.3) is 0 Å². The second kappa shape index (κ2) is 3.34. The van der Waals surface area contributed by atoms with Crippen LogP contribution in [-0.2, 0) is 5.41 Å². The van der Waals surface area contributed by atoms with E-state index >= 15 is 0 Å². The minimum Gasteiger partial charge on any atom is -0.0583 e. The molecule has 0 unspecified atom stereocenters. The summed E-state index contributed by atoms with van der Waals surface area (Å²) in [5.74, 6) is 0.659. The zero-order valence-electron chi connectivity index (χ0n) is 8.70. The van der Waals surface area contributed by atoms with Crippen LogP contribution in [0.4, 0.5) is 0 Å². The third-order valence-corrected chi connectivity index (χ3v) is 4.48. The topological polar surface area (TPSA) is 0 Å². The van der Waals surface area contributed by atoms with E-state index in [1.165, 1.54) is 26.5 Å². The number of hydrogen-bond acceptors (Lipinski definition) is 0. The highest BCUT2D eigenvalue weighted by atomic mass is 79.9. The standard InChI is InChI=1S/C12H14Br2/c1-7-6-12(2,3)11-9(14)5-4-8(13)10(7)11/h4-5,7H,6H2,1-3H3/t7-/m1/s1. The molecule has 14 heavy (non-hydrogen) atoms. The Morgan fingerprint density at radius 3 is 2.36 bits per heavy atom. The smallest absolute Gasteiger partial charge is 0.0216 e. The van der Waals surface area contributed by atoms with Crippen molar-refractivity contribution < 1.29 is 0 Å². The van der Waals surface area contributed by atoms with E-state index in [9.17, 15) is 0 Å². The highest BCUT2D eigenvalue weighted by Crippen LogP contribution is 2.50. The van der Waals surface area contributed by atoms with E-state index in [-0.39, 0.29) is 0 Å². The molecule has 0 radical (unpaired) electrons. The first kappa shape index (κ1) is 10.7. The molecule has 0 aromatic heterocycles. The highest BCUT2D eigenvalue weighted by molar-refractivity contribution is 9.11. The zero-order valence-corrected chi connectivity index (χ0v) is 11.9. The van der Waals surface area contributed by atoms with Crippen molar-refractivity contribution in [1.82, 2.24) is 0 Å². The van der Waals surface area contributed by atoms with Crippen LogP contribution in [0.3, 0.4) is 0 Å². The predicted molar refractivity (Wildman–Crippen MR) is 67.9 cm³/mol. The van der Waals surface area contributed by atoms with Gasteiger partial charge in [0, 0.05) is 8.95 Å². The van der Waals surface area contributed by atoms with E-state index in [0.717, 1.165) is 0 Å². The average molecular weight is 318 g/mol. The molecule has 2 heteroatoms. The van der Waals surface area contributed by atoms with Crippen molar-refractivity contribution in [3.05, 3.63) is 32.2 Å². The lowest BCUT2D eigenvalue weighted by Gasteiger charge is -2.20. The summed E-state index contributed by atoms with van der Waals surface area (Å²) in [4.78, 5) is 0. The molecular weight excluding hydrogens is 304 g/mol. The lowest BCUT2D eigenvalue weighted by atomic mass is 9.86. The molecule has 0 saturated heterocycles. The number of hydrogen-bond donors (Lipinski definition) is 0. The largest absolute Gasteiger partial charge is 0.0583 e. The summed E-state index contributed by atoms with van der Waals surface area (Å²) in [6.45, 7) is 6.96. The molecule has 76 valence electrons. The molecule has 2 rings (SSSR count). The fraction of sp³-hybridized carbons (Fsp3) is 0.500. The van der Waals surface area contributed by atoms with Gasteiger partial charge in [0.05, 0.1) is 0 Å². The maximum absolute atomic E-state index is 3.66. The average Bonchev–Trinajstić information content (AvgIpc) is 2.30. The minimum absolute atomic E-state index is 0.303. The summed E-state index contributed by atoms with van der Waals surface area (Å²) in [5.41, 5.74) is 3.28. The van der Waals surface area contributed by atoms with Crippen LogP contribution in [0.2, 0.25) is 0 Å². The van der Waals surface area contributed by atoms with E-state index < -0.39 is 0 Å². The maximum atomic E-state index is 3.66. The first-order chi connectivity index (χ1) is 6.43. The van der Waals surface area contributed by atoms with Crippen LogP contribution >= 0.6 is 31.9 Å². The maximum Gasteiger partial charge on any atom is 0.0216 e. The van der Waals surface area contributed by atoms with E-state index in [0.29, 0.717) is 11.3 Å². The quantitative estimate of drug-likeness (QED) is 0.632. The Morgan fingerprint density at radius 2 is 1.79 bits per heavy atom. The van der Waals surface area contributed by atoms with Gasteiger partial charge in [-0.15, -0.1) is 0 Å². The molecule has 1 aromatic carbocycles. The summed E-state index contributed by atoms with van der Waals surface area (Å²) < 4.78 is 2.51. The van der Waals surface area contributed by atoms with Crippen LogP contribution in [-0.4, -0.2) is 0 Å². The van der Waals surface area contributed by atoms with Gasteiger partial charge in [-0.3, -0.25) is 0 Å². The monoisotopic (exact) mass is 316 g/mol. The van der Waals surface area contributed by atoms with E-state index in [1.807, 2.05) is 0 Å². The van der Waals surface area contributed by atoms with Crippen molar-refractivity contribution in [2.45, 2.75) is 38.5 Å². The van der Waals surface area contributed by atoms with Gasteiger partial charge in [-0.1, -0.05) is 52.6 Å². The molecule has 0 bridgehead atoms. The lowest BCUT2D eigenvalue weighted by Crippen LogP contribution is -2.12. The second-order valence-corrected chi connectivity index (χ2v) is 6.52.